The molecule has 0 aliphatic carbocycles. The molecule has 30 heavy (non-hydrogen) atoms. The molecular weight excluding hydrogens is 381 g/mol. The van der Waals surface area contributed by atoms with Crippen molar-refractivity contribution in [1.29, 1.82) is 0 Å². The van der Waals surface area contributed by atoms with Crippen LogP contribution in [0.4, 0.5) is 10.1 Å². The van der Waals surface area contributed by atoms with Crippen LogP contribution in [0.15, 0.2) is 65.8 Å². The number of allylic oxidation sites excluding steroid dienone is 2. The summed E-state index contributed by atoms with van der Waals surface area (Å²) in [4.78, 5) is 17.2. The average molecular weight is 401 g/mol. The molecule has 2 aliphatic rings. The third kappa shape index (κ3) is 3.43. The number of fused-ring (bicyclic) bond motifs is 1. The second-order valence-electron chi connectivity index (χ2n) is 7.08. The van der Waals surface area contributed by atoms with Gasteiger partial charge in [0.25, 0.3) is 0 Å². The third-order valence-corrected chi connectivity index (χ3v) is 4.94. The summed E-state index contributed by atoms with van der Waals surface area (Å²) in [6.07, 6.45) is 7.61. The minimum atomic E-state index is -0.297. The average Bonchev–Trinajstić information content (AvgIpc) is 3.39. The van der Waals surface area contributed by atoms with E-state index in [9.17, 15) is 4.39 Å². The van der Waals surface area contributed by atoms with Crippen molar-refractivity contribution in [3.05, 3.63) is 83.8 Å². The van der Waals surface area contributed by atoms with Crippen LogP contribution in [0.5, 0.6) is 0 Å². The fourth-order valence-electron chi connectivity index (χ4n) is 3.47. The van der Waals surface area contributed by atoms with Crippen molar-refractivity contribution in [3.63, 3.8) is 0 Å². The summed E-state index contributed by atoms with van der Waals surface area (Å²) in [7, 11) is 0. The first-order valence-electron chi connectivity index (χ1n) is 9.65. The number of benzene rings is 1. The number of aryl methyl sites for hydroxylation is 1. The summed E-state index contributed by atoms with van der Waals surface area (Å²) in [5, 5.41) is 5.01. The first kappa shape index (κ1) is 18.1. The number of nitrogens with zero attached hydrogens (tertiary/aromatic N) is 4. The monoisotopic (exact) mass is 401 g/mol. The molecule has 0 saturated heterocycles. The Morgan fingerprint density at radius 2 is 2.03 bits per heavy atom. The molecule has 0 fully saturated rings. The van der Waals surface area contributed by atoms with Crippen LogP contribution in [0.2, 0.25) is 0 Å². The lowest BCUT2D eigenvalue weighted by molar-refractivity contribution is 0.317. The van der Waals surface area contributed by atoms with Crippen LogP contribution >= 0.6 is 0 Å². The Labute approximate surface area is 173 Å². The number of hydrazine groups is 1. The van der Waals surface area contributed by atoms with Crippen molar-refractivity contribution in [2.24, 2.45) is 4.99 Å². The van der Waals surface area contributed by atoms with Crippen LogP contribution in [0.3, 0.4) is 0 Å². The van der Waals surface area contributed by atoms with Gasteiger partial charge in [-0.1, -0.05) is 24.3 Å². The molecule has 3 aromatic rings. The van der Waals surface area contributed by atoms with Gasteiger partial charge in [-0.05, 0) is 37.3 Å². The Bertz CT molecular complexity index is 1180. The van der Waals surface area contributed by atoms with Gasteiger partial charge in [0.05, 0.1) is 29.3 Å². The number of aromatic amines is 1. The number of anilines is 1. The summed E-state index contributed by atoms with van der Waals surface area (Å²) in [6, 6.07) is 12.5. The maximum absolute atomic E-state index is 14.0. The second kappa shape index (κ2) is 7.47. The Kier molecular flexibility index (Phi) is 4.51. The van der Waals surface area contributed by atoms with Gasteiger partial charge >= 0.3 is 0 Å². The van der Waals surface area contributed by atoms with Crippen molar-refractivity contribution < 1.29 is 4.39 Å². The molecule has 1 aromatic carbocycles. The van der Waals surface area contributed by atoms with E-state index in [0.717, 1.165) is 28.3 Å². The molecule has 0 spiro atoms. The molecule has 4 heterocycles. The number of halogens is 1. The van der Waals surface area contributed by atoms with E-state index in [0.29, 0.717) is 18.1 Å². The molecule has 0 amide bonds. The van der Waals surface area contributed by atoms with Crippen molar-refractivity contribution in [2.75, 3.05) is 5.32 Å². The number of aliphatic imine (C=N–C) groups is 1. The van der Waals surface area contributed by atoms with E-state index in [1.807, 2.05) is 48.5 Å². The van der Waals surface area contributed by atoms with E-state index in [1.165, 1.54) is 6.07 Å². The predicted octanol–water partition coefficient (Wildman–Crippen LogP) is 3.62. The lowest BCUT2D eigenvalue weighted by Gasteiger charge is -2.22. The summed E-state index contributed by atoms with van der Waals surface area (Å²) >= 11 is 0. The Morgan fingerprint density at radius 3 is 2.90 bits per heavy atom. The lowest BCUT2D eigenvalue weighted by Crippen LogP contribution is -2.34. The molecule has 8 heteroatoms. The molecule has 0 bridgehead atoms. The molecule has 0 radical (unpaired) electrons. The minimum Gasteiger partial charge on any atom is -0.375 e. The Hall–Kier alpha value is -3.94. The van der Waals surface area contributed by atoms with Gasteiger partial charge < -0.3 is 10.3 Å². The van der Waals surface area contributed by atoms with Gasteiger partial charge in [0.15, 0.2) is 6.17 Å². The highest BCUT2D eigenvalue weighted by atomic mass is 19.1. The normalized spacial score (nSPS) is 16.9. The highest BCUT2D eigenvalue weighted by Crippen LogP contribution is 2.30. The molecule has 1 unspecified atom stereocenters. The van der Waals surface area contributed by atoms with E-state index in [1.54, 1.807) is 24.5 Å². The molecule has 3 N–H and O–H groups in total. The van der Waals surface area contributed by atoms with Gasteiger partial charge in [0.1, 0.15) is 18.0 Å². The molecule has 7 nitrogen and oxygen atoms in total. The fourth-order valence-corrected chi connectivity index (χ4v) is 3.47. The lowest BCUT2D eigenvalue weighted by atomic mass is 10.1. The zero-order valence-corrected chi connectivity index (χ0v) is 16.3. The second-order valence-corrected chi connectivity index (χ2v) is 7.08. The van der Waals surface area contributed by atoms with Crippen molar-refractivity contribution in [1.82, 2.24) is 25.4 Å². The molecule has 1 atom stereocenters. The van der Waals surface area contributed by atoms with Crippen LogP contribution in [-0.2, 0) is 6.54 Å². The maximum atomic E-state index is 14.0. The number of rotatable bonds is 5. The Morgan fingerprint density at radius 1 is 1.13 bits per heavy atom. The highest BCUT2D eigenvalue weighted by molar-refractivity contribution is 5.82. The van der Waals surface area contributed by atoms with Crippen LogP contribution < -0.4 is 10.7 Å². The van der Waals surface area contributed by atoms with E-state index in [2.05, 4.69) is 25.7 Å². The van der Waals surface area contributed by atoms with Gasteiger partial charge in [0.2, 0.25) is 0 Å². The largest absolute Gasteiger partial charge is 0.375 e. The predicted molar refractivity (Wildman–Crippen MR) is 115 cm³/mol. The number of hydrogen-bond acceptors (Lipinski definition) is 6. The number of H-pyrrole nitrogens is 1. The topological polar surface area (TPSA) is 81.2 Å². The van der Waals surface area contributed by atoms with Gasteiger partial charge in [-0.2, -0.15) is 0 Å². The molecule has 2 aromatic heterocycles. The standard InChI is InChI=1S/C22H20FN7/c1-14-5-4-8-18(27-14)22-21(15-9-10-20-25-13-26-30(20)12-15)28-19(29-22)11-24-17-7-3-2-6-16(17)23/h2-10,12-13,20,24H,11H2,1H3,(H,25,26)(H,28,29). The third-order valence-electron chi connectivity index (χ3n) is 4.94. The Balaban J connectivity index is 1.50. The van der Waals surface area contributed by atoms with Crippen LogP contribution in [0.25, 0.3) is 17.0 Å². The zero-order valence-electron chi connectivity index (χ0n) is 16.3. The van der Waals surface area contributed by atoms with Gasteiger partial charge in [0, 0.05) is 17.5 Å². The SMILES string of the molecule is Cc1cccc(-c2[nH]c(CNc3ccccc3F)nc2C2=CN3NC=NC3C=C2)n1. The number of hydrogen-bond donors (Lipinski definition) is 3. The summed E-state index contributed by atoms with van der Waals surface area (Å²) in [6.45, 7) is 2.31. The number of imidazole rings is 1. The maximum Gasteiger partial charge on any atom is 0.159 e. The fraction of sp³-hybridized carbons (Fsp3) is 0.136. The van der Waals surface area contributed by atoms with Crippen molar-refractivity contribution >= 4 is 17.6 Å². The smallest absolute Gasteiger partial charge is 0.159 e. The first-order valence-corrected chi connectivity index (χ1v) is 9.65. The number of para-hydroxylation sites is 1. The van der Waals surface area contributed by atoms with Crippen molar-refractivity contribution in [3.8, 4) is 11.4 Å². The van der Waals surface area contributed by atoms with Crippen molar-refractivity contribution in [2.45, 2.75) is 19.6 Å². The van der Waals surface area contributed by atoms with E-state index < -0.39 is 0 Å². The van der Waals surface area contributed by atoms with Gasteiger partial charge in [-0.15, -0.1) is 0 Å². The molecule has 2 aliphatic heterocycles. The quantitative estimate of drug-likeness (QED) is 0.608. The highest BCUT2D eigenvalue weighted by Gasteiger charge is 2.23. The van der Waals surface area contributed by atoms with E-state index >= 15 is 0 Å². The molecule has 0 saturated carbocycles. The summed E-state index contributed by atoms with van der Waals surface area (Å²) in [5.74, 6) is 0.391. The number of nitrogens with one attached hydrogen (secondary N) is 3. The van der Waals surface area contributed by atoms with Crippen LogP contribution in [0, 0.1) is 12.7 Å². The number of aromatic nitrogens is 3. The first-order chi connectivity index (χ1) is 14.7. The summed E-state index contributed by atoms with van der Waals surface area (Å²) < 4.78 is 14.0. The van der Waals surface area contributed by atoms with E-state index in [-0.39, 0.29) is 12.0 Å². The van der Waals surface area contributed by atoms with Gasteiger partial charge in [-0.25, -0.2) is 14.4 Å². The molecule has 150 valence electrons. The molecular formula is C22H20FN7. The zero-order chi connectivity index (χ0) is 20.5. The number of pyridine rings is 1. The van der Waals surface area contributed by atoms with Gasteiger partial charge in [-0.3, -0.25) is 15.4 Å². The van der Waals surface area contributed by atoms with Crippen LogP contribution in [0.1, 0.15) is 17.2 Å². The minimum absolute atomic E-state index is 0.0459. The van der Waals surface area contributed by atoms with Crippen LogP contribution in [-0.4, -0.2) is 32.5 Å². The summed E-state index contributed by atoms with van der Waals surface area (Å²) in [5.41, 5.74) is 7.77. The van der Waals surface area contributed by atoms with E-state index in [4.69, 9.17) is 4.98 Å². The molecule has 5 rings (SSSR count).